The van der Waals surface area contributed by atoms with Crippen molar-refractivity contribution in [3.05, 3.63) is 17.0 Å². The number of nitrogens with two attached hydrogens (primary N) is 1. The van der Waals surface area contributed by atoms with Crippen LogP contribution in [0.2, 0.25) is 0 Å². The van der Waals surface area contributed by atoms with Crippen molar-refractivity contribution in [3.63, 3.8) is 0 Å². The summed E-state index contributed by atoms with van der Waals surface area (Å²) in [6.07, 6.45) is 1.90. The van der Waals surface area contributed by atoms with Gasteiger partial charge < -0.3 is 10.6 Å². The highest BCUT2D eigenvalue weighted by Gasteiger charge is 2.20. The van der Waals surface area contributed by atoms with Gasteiger partial charge in [-0.1, -0.05) is 0 Å². The van der Waals surface area contributed by atoms with Gasteiger partial charge in [-0.2, -0.15) is 0 Å². The van der Waals surface area contributed by atoms with Gasteiger partial charge in [0.25, 0.3) is 0 Å². The van der Waals surface area contributed by atoms with Crippen LogP contribution in [0.25, 0.3) is 0 Å². The Morgan fingerprint density at radius 2 is 2.25 bits per heavy atom. The van der Waals surface area contributed by atoms with Crippen molar-refractivity contribution in [1.82, 2.24) is 10.6 Å². The van der Waals surface area contributed by atoms with E-state index in [1.807, 2.05) is 0 Å². The van der Waals surface area contributed by atoms with Crippen LogP contribution >= 0.6 is 23.7 Å². The topological polar surface area (TPSA) is 101 Å². The lowest BCUT2D eigenvalue weighted by Gasteiger charge is -2.21. The van der Waals surface area contributed by atoms with Gasteiger partial charge in [0.1, 0.15) is 4.21 Å². The maximum atomic E-state index is 11.9. The van der Waals surface area contributed by atoms with E-state index in [4.69, 9.17) is 5.14 Å². The number of sulfonamides is 1. The van der Waals surface area contributed by atoms with Crippen LogP contribution in [-0.4, -0.2) is 27.4 Å². The predicted molar refractivity (Wildman–Crippen MR) is 80.4 cm³/mol. The fourth-order valence-electron chi connectivity index (χ4n) is 2.00. The molecule has 1 atom stereocenters. The van der Waals surface area contributed by atoms with E-state index < -0.39 is 10.0 Å². The van der Waals surface area contributed by atoms with Crippen LogP contribution in [0.15, 0.2) is 16.3 Å². The number of primary sulfonamides is 1. The van der Waals surface area contributed by atoms with Crippen molar-refractivity contribution in [2.45, 2.75) is 23.6 Å². The molecule has 1 aromatic heterocycles. The highest BCUT2D eigenvalue weighted by molar-refractivity contribution is 7.91. The molecule has 1 unspecified atom stereocenters. The molecule has 2 heterocycles. The Labute approximate surface area is 128 Å². The molecule has 1 aliphatic heterocycles. The van der Waals surface area contributed by atoms with Crippen molar-refractivity contribution >= 4 is 39.7 Å². The predicted octanol–water partition coefficient (Wildman–Crippen LogP) is 0.433. The van der Waals surface area contributed by atoms with Crippen LogP contribution in [0.3, 0.4) is 0 Å². The highest BCUT2D eigenvalue weighted by atomic mass is 35.5. The molecule has 1 fully saturated rings. The number of carbonyl (C=O) groups is 1. The van der Waals surface area contributed by atoms with Crippen LogP contribution in [0.5, 0.6) is 0 Å². The molecular weight excluding hydrogens is 322 g/mol. The summed E-state index contributed by atoms with van der Waals surface area (Å²) >= 11 is 1.09. The second-order valence-electron chi connectivity index (χ2n) is 4.53. The van der Waals surface area contributed by atoms with Gasteiger partial charge in [-0.3, -0.25) is 4.79 Å². The molecule has 0 aromatic carbocycles. The smallest absolute Gasteiger partial charge is 0.247 e. The summed E-state index contributed by atoms with van der Waals surface area (Å²) in [7, 11) is -3.65. The highest BCUT2D eigenvalue weighted by Crippen LogP contribution is 2.20. The van der Waals surface area contributed by atoms with E-state index in [2.05, 4.69) is 10.6 Å². The Morgan fingerprint density at radius 3 is 2.80 bits per heavy atom. The van der Waals surface area contributed by atoms with E-state index in [0.717, 1.165) is 35.6 Å². The fourth-order valence-corrected chi connectivity index (χ4v) is 3.72. The summed E-state index contributed by atoms with van der Waals surface area (Å²) in [5.74, 6) is 0.0178. The molecule has 1 saturated heterocycles. The van der Waals surface area contributed by atoms with Crippen LogP contribution in [-0.2, 0) is 21.4 Å². The third-order valence-corrected chi connectivity index (χ3v) is 5.55. The number of nitrogens with one attached hydrogen (secondary N) is 2. The van der Waals surface area contributed by atoms with Crippen molar-refractivity contribution in [2.24, 2.45) is 11.1 Å². The third kappa shape index (κ3) is 4.71. The first-order valence-corrected chi connectivity index (χ1v) is 8.43. The van der Waals surface area contributed by atoms with Gasteiger partial charge in [-0.05, 0) is 31.5 Å². The van der Waals surface area contributed by atoms with E-state index in [1.54, 1.807) is 6.07 Å². The molecule has 1 amide bonds. The summed E-state index contributed by atoms with van der Waals surface area (Å²) in [6.45, 7) is 2.01. The Morgan fingerprint density at radius 1 is 1.50 bits per heavy atom. The van der Waals surface area contributed by atoms with Crippen LogP contribution in [0.1, 0.15) is 17.7 Å². The minimum atomic E-state index is -3.65. The molecule has 0 saturated carbocycles. The summed E-state index contributed by atoms with van der Waals surface area (Å²) in [5, 5.41) is 11.0. The van der Waals surface area contributed by atoms with Crippen LogP contribution in [0, 0.1) is 5.92 Å². The fraction of sp³-hybridized carbons (Fsp3) is 0.545. The lowest BCUT2D eigenvalue weighted by atomic mass is 9.99. The maximum absolute atomic E-state index is 11.9. The molecule has 6 nitrogen and oxygen atoms in total. The largest absolute Gasteiger partial charge is 0.351 e. The molecule has 114 valence electrons. The van der Waals surface area contributed by atoms with Crippen molar-refractivity contribution in [1.29, 1.82) is 0 Å². The lowest BCUT2D eigenvalue weighted by molar-refractivity contribution is -0.125. The first kappa shape index (κ1) is 17.4. The number of thiophene rings is 1. The third-order valence-electron chi connectivity index (χ3n) is 3.02. The van der Waals surface area contributed by atoms with Gasteiger partial charge in [0.2, 0.25) is 15.9 Å². The number of halogens is 1. The average Bonchev–Trinajstić information content (AvgIpc) is 2.86. The molecule has 1 aliphatic rings. The lowest BCUT2D eigenvalue weighted by Crippen LogP contribution is -2.40. The second-order valence-corrected chi connectivity index (χ2v) is 7.48. The Kier molecular flexibility index (Phi) is 6.41. The molecular formula is C11H18ClN3O3S2. The molecule has 0 radical (unpaired) electrons. The summed E-state index contributed by atoms with van der Waals surface area (Å²) in [4.78, 5) is 12.7. The van der Waals surface area contributed by atoms with E-state index >= 15 is 0 Å². The molecule has 1 aromatic rings. The van der Waals surface area contributed by atoms with E-state index in [1.165, 1.54) is 6.07 Å². The zero-order valence-electron chi connectivity index (χ0n) is 10.8. The minimum Gasteiger partial charge on any atom is -0.351 e. The van der Waals surface area contributed by atoms with Gasteiger partial charge in [0.15, 0.2) is 0 Å². The molecule has 4 N–H and O–H groups in total. The number of carbonyl (C=O) groups excluding carboxylic acids is 1. The normalized spacial score (nSPS) is 19.1. The van der Waals surface area contributed by atoms with Gasteiger partial charge in [0.05, 0.1) is 12.5 Å². The zero-order valence-corrected chi connectivity index (χ0v) is 13.2. The number of hydrogen-bond acceptors (Lipinski definition) is 5. The molecule has 20 heavy (non-hydrogen) atoms. The monoisotopic (exact) mass is 339 g/mol. The van der Waals surface area contributed by atoms with Crippen molar-refractivity contribution < 1.29 is 13.2 Å². The standard InChI is InChI=1S/C11H17N3O3S2.ClH/c12-19(16,17)10-4-3-9(18-10)7-14-11(15)8-2-1-5-13-6-8;/h3-4,8,13H,1-2,5-7H2,(H,14,15)(H2,12,16,17);1H. The minimum absolute atomic E-state index is 0. The average molecular weight is 340 g/mol. The summed E-state index contributed by atoms with van der Waals surface area (Å²) < 4.78 is 22.4. The summed E-state index contributed by atoms with van der Waals surface area (Å²) in [5.41, 5.74) is 0. The zero-order chi connectivity index (χ0) is 13.9. The van der Waals surface area contributed by atoms with Gasteiger partial charge >= 0.3 is 0 Å². The maximum Gasteiger partial charge on any atom is 0.247 e. The Balaban J connectivity index is 0.00000200. The van der Waals surface area contributed by atoms with Gasteiger partial charge in [-0.15, -0.1) is 23.7 Å². The second kappa shape index (κ2) is 7.37. The Hall–Kier alpha value is -0.670. The molecule has 2 rings (SSSR count). The Bertz CT molecular complexity index is 553. The number of hydrogen-bond donors (Lipinski definition) is 3. The summed E-state index contributed by atoms with van der Waals surface area (Å²) in [6, 6.07) is 3.13. The van der Waals surface area contributed by atoms with Crippen LogP contribution in [0.4, 0.5) is 0 Å². The van der Waals surface area contributed by atoms with Gasteiger partial charge in [-0.25, -0.2) is 13.6 Å². The molecule has 0 aliphatic carbocycles. The number of rotatable bonds is 4. The van der Waals surface area contributed by atoms with Gasteiger partial charge in [0, 0.05) is 11.4 Å². The SMILES string of the molecule is Cl.NS(=O)(=O)c1ccc(CNC(=O)C2CCCNC2)s1. The van der Waals surface area contributed by atoms with Crippen molar-refractivity contribution in [2.75, 3.05) is 13.1 Å². The number of piperidine rings is 1. The van der Waals surface area contributed by atoms with E-state index in [-0.39, 0.29) is 28.4 Å². The quantitative estimate of drug-likeness (QED) is 0.740. The van der Waals surface area contributed by atoms with E-state index in [0.29, 0.717) is 13.1 Å². The van der Waals surface area contributed by atoms with E-state index in [9.17, 15) is 13.2 Å². The van der Waals surface area contributed by atoms with Crippen molar-refractivity contribution in [3.8, 4) is 0 Å². The molecule has 0 spiro atoms. The molecule has 0 bridgehead atoms. The number of amides is 1. The van der Waals surface area contributed by atoms with Crippen LogP contribution < -0.4 is 15.8 Å². The molecule has 9 heteroatoms. The first-order chi connectivity index (χ1) is 8.97. The first-order valence-electron chi connectivity index (χ1n) is 6.07.